The van der Waals surface area contributed by atoms with Gasteiger partial charge in [-0.3, -0.25) is 9.59 Å². The van der Waals surface area contributed by atoms with E-state index in [1.54, 1.807) is 19.1 Å². The molecule has 1 aromatic carbocycles. The first-order valence-corrected chi connectivity index (χ1v) is 9.26. The first kappa shape index (κ1) is 18.5. The van der Waals surface area contributed by atoms with E-state index in [1.165, 1.54) is 0 Å². The highest BCUT2D eigenvalue weighted by Crippen LogP contribution is 2.45. The zero-order chi connectivity index (χ0) is 18.7. The minimum absolute atomic E-state index is 0.0631. The summed E-state index contributed by atoms with van der Waals surface area (Å²) < 4.78 is 10.7. The van der Waals surface area contributed by atoms with Crippen molar-refractivity contribution in [3.05, 3.63) is 23.8 Å². The fourth-order valence-corrected chi connectivity index (χ4v) is 4.40. The number of carboxylic acids is 1. The number of carboxylic acid groups (broad SMARTS) is 1. The fourth-order valence-electron chi connectivity index (χ4n) is 4.40. The lowest BCUT2D eigenvalue weighted by Gasteiger charge is -2.38. The minimum Gasteiger partial charge on any atom is -0.493 e. The normalized spacial score (nSPS) is 22.1. The zero-order valence-electron chi connectivity index (χ0n) is 15.5. The molecule has 0 radical (unpaired) electrons. The zero-order valence-corrected chi connectivity index (χ0v) is 15.5. The molecule has 142 valence electrons. The predicted octanol–water partition coefficient (Wildman–Crippen LogP) is 2.84. The summed E-state index contributed by atoms with van der Waals surface area (Å²) in [6.07, 6.45) is 4.95. The first-order chi connectivity index (χ1) is 12.5. The number of nitrogens with zero attached hydrogens (tertiary/aromatic N) is 1. The van der Waals surface area contributed by atoms with E-state index in [1.807, 2.05) is 18.2 Å². The molecule has 6 heteroatoms. The summed E-state index contributed by atoms with van der Waals surface area (Å²) in [7, 11) is 3.18. The summed E-state index contributed by atoms with van der Waals surface area (Å²) in [6.45, 7) is 0.945. The quantitative estimate of drug-likeness (QED) is 0.873. The molecule has 3 rings (SSSR count). The molecular weight excluding hydrogens is 334 g/mol. The third kappa shape index (κ3) is 3.24. The number of aliphatic carboxylic acids is 1. The number of carbonyl (C=O) groups is 2. The van der Waals surface area contributed by atoms with Gasteiger partial charge in [0.2, 0.25) is 5.91 Å². The maximum Gasteiger partial charge on any atom is 0.308 e. The number of methoxy groups -OCH3 is 2. The van der Waals surface area contributed by atoms with Gasteiger partial charge in [0.05, 0.1) is 25.6 Å². The van der Waals surface area contributed by atoms with Crippen molar-refractivity contribution in [1.29, 1.82) is 0 Å². The van der Waals surface area contributed by atoms with Crippen LogP contribution in [0.25, 0.3) is 0 Å². The van der Waals surface area contributed by atoms with Crippen LogP contribution in [0.3, 0.4) is 0 Å². The molecule has 1 aromatic rings. The van der Waals surface area contributed by atoms with Crippen LogP contribution in [0, 0.1) is 5.92 Å². The molecule has 1 heterocycles. The van der Waals surface area contributed by atoms with Gasteiger partial charge in [-0.15, -0.1) is 0 Å². The van der Waals surface area contributed by atoms with Crippen molar-refractivity contribution in [2.75, 3.05) is 27.3 Å². The van der Waals surface area contributed by atoms with Gasteiger partial charge in [0, 0.05) is 13.1 Å². The molecule has 1 aliphatic heterocycles. The van der Waals surface area contributed by atoms with Gasteiger partial charge in [-0.25, -0.2) is 0 Å². The number of hydrogen-bond donors (Lipinski definition) is 1. The molecule has 1 N–H and O–H groups in total. The Labute approximate surface area is 154 Å². The molecule has 2 fully saturated rings. The number of hydrogen-bond acceptors (Lipinski definition) is 4. The fraction of sp³-hybridized carbons (Fsp3) is 0.600. The standard InChI is InChI=1S/C20H27NO5/c1-25-16-8-7-15(12-17(16)26-2)20(9-3-4-10-20)19(24)21-11-5-6-14(13-21)18(22)23/h7-8,12,14H,3-6,9-11,13H2,1-2H3,(H,22,23)/t14-/m0/s1. The second kappa shape index (κ2) is 7.56. The smallest absolute Gasteiger partial charge is 0.308 e. The lowest BCUT2D eigenvalue weighted by atomic mass is 9.76. The molecule has 0 spiro atoms. The maximum absolute atomic E-state index is 13.5. The number of amides is 1. The number of rotatable bonds is 5. The minimum atomic E-state index is -0.811. The largest absolute Gasteiger partial charge is 0.493 e. The van der Waals surface area contributed by atoms with Gasteiger partial charge in [-0.1, -0.05) is 18.9 Å². The molecule has 1 amide bonds. The van der Waals surface area contributed by atoms with E-state index in [0.717, 1.165) is 37.7 Å². The summed E-state index contributed by atoms with van der Waals surface area (Å²) in [6, 6.07) is 5.70. The van der Waals surface area contributed by atoms with Gasteiger partial charge in [-0.05, 0) is 43.4 Å². The van der Waals surface area contributed by atoms with Crippen LogP contribution in [-0.4, -0.2) is 49.2 Å². The van der Waals surface area contributed by atoms with Crippen LogP contribution >= 0.6 is 0 Å². The van der Waals surface area contributed by atoms with E-state index in [4.69, 9.17) is 9.47 Å². The Morgan fingerprint density at radius 2 is 1.81 bits per heavy atom. The lowest BCUT2D eigenvalue weighted by Crippen LogP contribution is -2.50. The third-order valence-electron chi connectivity index (χ3n) is 5.86. The Morgan fingerprint density at radius 1 is 1.12 bits per heavy atom. The van der Waals surface area contributed by atoms with E-state index in [-0.39, 0.29) is 5.91 Å². The van der Waals surface area contributed by atoms with Crippen LogP contribution in [0.5, 0.6) is 11.5 Å². The van der Waals surface area contributed by atoms with E-state index in [0.29, 0.717) is 31.0 Å². The topological polar surface area (TPSA) is 76.1 Å². The van der Waals surface area contributed by atoms with Crippen LogP contribution < -0.4 is 9.47 Å². The lowest BCUT2D eigenvalue weighted by molar-refractivity contribution is -0.147. The van der Waals surface area contributed by atoms with Crippen LogP contribution in [0.2, 0.25) is 0 Å². The molecular formula is C20H27NO5. The molecule has 6 nitrogen and oxygen atoms in total. The summed E-state index contributed by atoms with van der Waals surface area (Å²) in [5.41, 5.74) is 0.357. The van der Waals surface area contributed by atoms with E-state index in [9.17, 15) is 14.7 Å². The van der Waals surface area contributed by atoms with E-state index >= 15 is 0 Å². The predicted molar refractivity (Wildman–Crippen MR) is 96.6 cm³/mol. The second-order valence-electron chi connectivity index (χ2n) is 7.29. The summed E-state index contributed by atoms with van der Waals surface area (Å²) >= 11 is 0. The average molecular weight is 361 g/mol. The van der Waals surface area contributed by atoms with Gasteiger partial charge in [0.25, 0.3) is 0 Å². The Morgan fingerprint density at radius 3 is 2.42 bits per heavy atom. The first-order valence-electron chi connectivity index (χ1n) is 9.26. The molecule has 1 saturated heterocycles. The summed E-state index contributed by atoms with van der Waals surface area (Å²) in [5.74, 6) is 0.0470. The van der Waals surface area contributed by atoms with Crippen molar-refractivity contribution in [2.24, 2.45) is 5.92 Å². The van der Waals surface area contributed by atoms with Gasteiger partial charge >= 0.3 is 5.97 Å². The Balaban J connectivity index is 1.93. The van der Waals surface area contributed by atoms with Crippen molar-refractivity contribution < 1.29 is 24.2 Å². The number of likely N-dealkylation sites (tertiary alicyclic amines) is 1. The summed E-state index contributed by atoms with van der Waals surface area (Å²) in [5, 5.41) is 9.34. The SMILES string of the molecule is COc1ccc(C2(C(=O)N3CCC[C@H](C(=O)O)C3)CCCC2)cc1OC. The van der Waals surface area contributed by atoms with Crippen molar-refractivity contribution in [1.82, 2.24) is 4.90 Å². The average Bonchev–Trinajstić information content (AvgIpc) is 3.18. The second-order valence-corrected chi connectivity index (χ2v) is 7.29. The van der Waals surface area contributed by atoms with Crippen LogP contribution in [0.15, 0.2) is 18.2 Å². The highest BCUT2D eigenvalue weighted by atomic mass is 16.5. The van der Waals surface area contributed by atoms with Gasteiger partial charge in [0.1, 0.15) is 0 Å². The Bertz CT molecular complexity index is 681. The number of carbonyl (C=O) groups excluding carboxylic acids is 1. The molecule has 1 atom stereocenters. The van der Waals surface area contributed by atoms with Crippen LogP contribution in [-0.2, 0) is 15.0 Å². The van der Waals surface area contributed by atoms with E-state index < -0.39 is 17.3 Å². The summed E-state index contributed by atoms with van der Waals surface area (Å²) in [4.78, 5) is 26.7. The molecule has 1 saturated carbocycles. The van der Waals surface area contributed by atoms with Crippen molar-refractivity contribution in [3.63, 3.8) is 0 Å². The number of benzene rings is 1. The highest BCUT2D eigenvalue weighted by Gasteiger charge is 2.46. The highest BCUT2D eigenvalue weighted by molar-refractivity contribution is 5.89. The number of piperidine rings is 1. The van der Waals surface area contributed by atoms with Crippen molar-refractivity contribution in [2.45, 2.75) is 43.9 Å². The number of ether oxygens (including phenoxy) is 2. The van der Waals surface area contributed by atoms with Crippen LogP contribution in [0.1, 0.15) is 44.1 Å². The molecule has 26 heavy (non-hydrogen) atoms. The Hall–Kier alpha value is -2.24. The van der Waals surface area contributed by atoms with Gasteiger partial charge in [0.15, 0.2) is 11.5 Å². The monoisotopic (exact) mass is 361 g/mol. The molecule has 0 unspecified atom stereocenters. The molecule has 0 bridgehead atoms. The molecule has 0 aromatic heterocycles. The van der Waals surface area contributed by atoms with Crippen molar-refractivity contribution >= 4 is 11.9 Å². The van der Waals surface area contributed by atoms with Gasteiger partial charge in [-0.2, -0.15) is 0 Å². The Kier molecular flexibility index (Phi) is 5.39. The maximum atomic E-state index is 13.5. The van der Waals surface area contributed by atoms with Crippen LogP contribution in [0.4, 0.5) is 0 Å². The van der Waals surface area contributed by atoms with E-state index in [2.05, 4.69) is 0 Å². The van der Waals surface area contributed by atoms with Gasteiger partial charge < -0.3 is 19.5 Å². The molecule has 1 aliphatic carbocycles. The third-order valence-corrected chi connectivity index (χ3v) is 5.86. The molecule has 2 aliphatic rings. The van der Waals surface area contributed by atoms with Crippen molar-refractivity contribution in [3.8, 4) is 11.5 Å².